The highest BCUT2D eigenvalue weighted by Gasteiger charge is 2.03. The molecule has 2 rings (SSSR count). The molecule has 0 heterocycles. The van der Waals surface area contributed by atoms with E-state index in [1.165, 1.54) is 24.3 Å². The summed E-state index contributed by atoms with van der Waals surface area (Å²) >= 11 is 5.78. The van der Waals surface area contributed by atoms with E-state index < -0.39 is 0 Å². The van der Waals surface area contributed by atoms with Crippen molar-refractivity contribution in [2.45, 2.75) is 6.42 Å². The van der Waals surface area contributed by atoms with Crippen LogP contribution < -0.4 is 0 Å². The van der Waals surface area contributed by atoms with Crippen LogP contribution in [0.5, 0.6) is 5.75 Å². The van der Waals surface area contributed by atoms with E-state index in [1.807, 2.05) is 0 Å². The second-order valence-electron chi connectivity index (χ2n) is 4.92. The lowest BCUT2D eigenvalue weighted by Crippen LogP contribution is -2.01. The number of benzene rings is 2. The van der Waals surface area contributed by atoms with E-state index in [4.69, 9.17) is 11.6 Å². The lowest BCUT2D eigenvalue weighted by molar-refractivity contribution is -0.121. The highest BCUT2D eigenvalue weighted by molar-refractivity contribution is 6.30. The summed E-state index contributed by atoms with van der Waals surface area (Å²) in [5.74, 6) is -0.375. The first-order valence-electron chi connectivity index (χ1n) is 6.99. The van der Waals surface area contributed by atoms with Crippen LogP contribution in [0.3, 0.4) is 0 Å². The summed E-state index contributed by atoms with van der Waals surface area (Å²) in [6, 6.07) is 13.5. The Kier molecular flexibility index (Phi) is 5.89. The molecule has 0 saturated heterocycles. The minimum absolute atomic E-state index is 0.163. The van der Waals surface area contributed by atoms with Crippen molar-refractivity contribution >= 4 is 35.3 Å². The fourth-order valence-electron chi connectivity index (χ4n) is 1.83. The largest absolute Gasteiger partial charge is 0.508 e. The van der Waals surface area contributed by atoms with Crippen LogP contribution in [-0.4, -0.2) is 16.7 Å². The number of carbonyl (C=O) groups excluding carboxylic acids is 2. The van der Waals surface area contributed by atoms with E-state index >= 15 is 0 Å². The van der Waals surface area contributed by atoms with Crippen molar-refractivity contribution in [2.24, 2.45) is 0 Å². The van der Waals surface area contributed by atoms with Crippen LogP contribution in [0.2, 0.25) is 5.02 Å². The molecule has 0 fully saturated rings. The number of allylic oxidation sites excluding steroid dienone is 2. The van der Waals surface area contributed by atoms with E-state index in [-0.39, 0.29) is 23.7 Å². The van der Waals surface area contributed by atoms with Crippen LogP contribution in [0.15, 0.2) is 60.7 Å². The molecule has 2 aromatic rings. The summed E-state index contributed by atoms with van der Waals surface area (Å²) < 4.78 is 0. The second-order valence-corrected chi connectivity index (χ2v) is 5.36. The van der Waals surface area contributed by atoms with Crippen LogP contribution >= 0.6 is 11.6 Å². The molecule has 0 spiro atoms. The third-order valence-electron chi connectivity index (χ3n) is 3.03. The van der Waals surface area contributed by atoms with Crippen LogP contribution in [0.1, 0.15) is 17.5 Å². The monoisotopic (exact) mass is 326 g/mol. The molecule has 1 N–H and O–H groups in total. The number of ketones is 2. The van der Waals surface area contributed by atoms with Crippen molar-refractivity contribution in [1.82, 2.24) is 0 Å². The molecule has 3 nitrogen and oxygen atoms in total. The zero-order valence-corrected chi connectivity index (χ0v) is 13.0. The Morgan fingerprint density at radius 1 is 0.826 bits per heavy atom. The lowest BCUT2D eigenvalue weighted by atomic mass is 10.1. The molecular weight excluding hydrogens is 312 g/mol. The summed E-state index contributed by atoms with van der Waals surface area (Å²) in [4.78, 5) is 23.5. The first-order chi connectivity index (χ1) is 11.0. The third kappa shape index (κ3) is 5.93. The molecule has 23 heavy (non-hydrogen) atoms. The number of rotatable bonds is 6. The summed E-state index contributed by atoms with van der Waals surface area (Å²) in [6.45, 7) is 0. The van der Waals surface area contributed by atoms with E-state index in [0.717, 1.165) is 11.1 Å². The Hall–Kier alpha value is -2.65. The summed E-state index contributed by atoms with van der Waals surface area (Å²) in [7, 11) is 0. The van der Waals surface area contributed by atoms with Gasteiger partial charge in [0.15, 0.2) is 11.6 Å². The van der Waals surface area contributed by atoms with Crippen molar-refractivity contribution in [2.75, 3.05) is 0 Å². The van der Waals surface area contributed by atoms with Gasteiger partial charge < -0.3 is 5.11 Å². The Balaban J connectivity index is 1.88. The van der Waals surface area contributed by atoms with Crippen LogP contribution in [0.4, 0.5) is 0 Å². The Morgan fingerprint density at radius 2 is 1.26 bits per heavy atom. The predicted molar refractivity (Wildman–Crippen MR) is 92.3 cm³/mol. The zero-order chi connectivity index (χ0) is 16.7. The van der Waals surface area contributed by atoms with Gasteiger partial charge in [0.2, 0.25) is 0 Å². The molecule has 0 saturated carbocycles. The standard InChI is InChI=1S/C19H15ClO3/c20-16-7-1-14(2-8-16)5-11-18(22)13-19(23)12-6-15-3-9-17(21)10-4-15/h1-12,21H,13H2/b11-5+,12-6+. The van der Waals surface area contributed by atoms with Gasteiger partial charge in [0.25, 0.3) is 0 Å². The maximum Gasteiger partial charge on any atom is 0.163 e. The highest BCUT2D eigenvalue weighted by atomic mass is 35.5. The molecule has 0 aliphatic carbocycles. The molecule has 0 unspecified atom stereocenters. The van der Waals surface area contributed by atoms with Gasteiger partial charge >= 0.3 is 0 Å². The molecule has 0 radical (unpaired) electrons. The van der Waals surface area contributed by atoms with Crippen molar-refractivity contribution < 1.29 is 14.7 Å². The number of phenolic OH excluding ortho intramolecular Hbond substituents is 1. The average Bonchev–Trinajstić information content (AvgIpc) is 2.54. The fraction of sp³-hybridized carbons (Fsp3) is 0.0526. The van der Waals surface area contributed by atoms with Gasteiger partial charge in [0.1, 0.15) is 5.75 Å². The van der Waals surface area contributed by atoms with Gasteiger partial charge in [0.05, 0.1) is 6.42 Å². The first kappa shape index (κ1) is 16.7. The van der Waals surface area contributed by atoms with Crippen molar-refractivity contribution in [3.8, 4) is 5.75 Å². The van der Waals surface area contributed by atoms with Gasteiger partial charge in [-0.1, -0.05) is 48.0 Å². The summed E-state index contributed by atoms with van der Waals surface area (Å²) in [5.41, 5.74) is 1.62. The third-order valence-corrected chi connectivity index (χ3v) is 3.29. The maximum absolute atomic E-state index is 11.7. The Bertz CT molecular complexity index is 676. The molecule has 0 amide bonds. The molecular formula is C19H15ClO3. The number of phenols is 1. The molecule has 0 aromatic heterocycles. The van der Waals surface area contributed by atoms with E-state index in [0.29, 0.717) is 5.02 Å². The lowest BCUT2D eigenvalue weighted by Gasteiger charge is -1.95. The van der Waals surface area contributed by atoms with E-state index in [9.17, 15) is 14.7 Å². The first-order valence-corrected chi connectivity index (χ1v) is 7.37. The van der Waals surface area contributed by atoms with Gasteiger partial charge in [0, 0.05) is 5.02 Å². The minimum atomic E-state index is -0.274. The Morgan fingerprint density at radius 3 is 1.74 bits per heavy atom. The number of hydrogen-bond donors (Lipinski definition) is 1. The van der Waals surface area contributed by atoms with Crippen molar-refractivity contribution in [1.29, 1.82) is 0 Å². The zero-order valence-electron chi connectivity index (χ0n) is 12.3. The molecule has 2 aromatic carbocycles. The van der Waals surface area contributed by atoms with E-state index in [1.54, 1.807) is 48.6 Å². The van der Waals surface area contributed by atoms with E-state index in [2.05, 4.69) is 0 Å². The SMILES string of the molecule is O=C(/C=C/c1ccc(O)cc1)CC(=O)/C=C/c1ccc(Cl)cc1. The molecule has 0 aliphatic rings. The van der Waals surface area contributed by atoms with Gasteiger partial charge in [-0.25, -0.2) is 0 Å². The molecule has 0 bridgehead atoms. The fourth-order valence-corrected chi connectivity index (χ4v) is 1.95. The van der Waals surface area contributed by atoms with Crippen molar-refractivity contribution in [3.63, 3.8) is 0 Å². The summed E-state index contributed by atoms with van der Waals surface area (Å²) in [5, 5.41) is 9.80. The number of halogens is 1. The average molecular weight is 327 g/mol. The minimum Gasteiger partial charge on any atom is -0.508 e. The molecule has 0 atom stereocenters. The quantitative estimate of drug-likeness (QED) is 0.636. The molecule has 116 valence electrons. The number of carbonyl (C=O) groups is 2. The van der Waals surface area contributed by atoms with Crippen LogP contribution in [-0.2, 0) is 9.59 Å². The molecule has 4 heteroatoms. The second kappa shape index (κ2) is 8.11. The molecule has 0 aliphatic heterocycles. The van der Waals surface area contributed by atoms with Crippen LogP contribution in [0.25, 0.3) is 12.2 Å². The van der Waals surface area contributed by atoms with Gasteiger partial charge in [-0.2, -0.15) is 0 Å². The van der Waals surface area contributed by atoms with Crippen molar-refractivity contribution in [3.05, 3.63) is 76.8 Å². The topological polar surface area (TPSA) is 54.4 Å². The number of aromatic hydroxyl groups is 1. The summed E-state index contributed by atoms with van der Waals surface area (Å²) in [6.07, 6.45) is 5.82. The van der Waals surface area contributed by atoms with Gasteiger partial charge in [-0.05, 0) is 47.5 Å². The normalized spacial score (nSPS) is 11.2. The highest BCUT2D eigenvalue weighted by Crippen LogP contribution is 2.12. The Labute approximate surface area is 139 Å². The van der Waals surface area contributed by atoms with Crippen LogP contribution in [0, 0.1) is 0 Å². The van der Waals surface area contributed by atoms with Gasteiger partial charge in [-0.15, -0.1) is 0 Å². The predicted octanol–water partition coefficient (Wildman–Crippen LogP) is 4.30. The number of hydrogen-bond acceptors (Lipinski definition) is 3. The van der Waals surface area contributed by atoms with Gasteiger partial charge in [-0.3, -0.25) is 9.59 Å². The maximum atomic E-state index is 11.7. The smallest absolute Gasteiger partial charge is 0.163 e.